The van der Waals surface area contributed by atoms with Crippen LogP contribution in [0, 0.1) is 0 Å². The fourth-order valence-electron chi connectivity index (χ4n) is 5.43. The summed E-state index contributed by atoms with van der Waals surface area (Å²) in [5.74, 6) is 2.42. The van der Waals surface area contributed by atoms with E-state index in [9.17, 15) is 0 Å². The van der Waals surface area contributed by atoms with Crippen LogP contribution < -0.4 is 19.5 Å². The minimum Gasteiger partial charge on any atom is -0.489 e. The Balaban J connectivity index is 1.35. The van der Waals surface area contributed by atoms with Crippen molar-refractivity contribution in [1.82, 2.24) is 24.5 Å². The van der Waals surface area contributed by atoms with Crippen LogP contribution in [0.25, 0.3) is 33.1 Å². The zero-order chi connectivity index (χ0) is 29.6. The summed E-state index contributed by atoms with van der Waals surface area (Å²) in [6, 6.07) is 11.4. The molecule has 0 amide bonds. The van der Waals surface area contributed by atoms with E-state index in [-0.39, 0.29) is 18.8 Å². The Kier molecular flexibility index (Phi) is 7.14. The third-order valence-corrected chi connectivity index (χ3v) is 9.61. The van der Waals surface area contributed by atoms with Gasteiger partial charge in [-0.25, -0.2) is 0 Å². The van der Waals surface area contributed by atoms with Crippen LogP contribution in [0.5, 0.6) is 17.4 Å². The van der Waals surface area contributed by atoms with Crippen LogP contribution in [0.4, 0.5) is 5.95 Å². The molecule has 0 atom stereocenters. The van der Waals surface area contributed by atoms with E-state index in [2.05, 4.69) is 59.3 Å². The van der Waals surface area contributed by atoms with Crippen molar-refractivity contribution in [2.24, 2.45) is 0 Å². The first-order valence-corrected chi connectivity index (χ1v) is 18.5. The summed E-state index contributed by atoms with van der Waals surface area (Å²) in [6.45, 7) is 8.41. The number of nitrogens with zero attached hydrogens (tertiary/aromatic N) is 5. The molecule has 1 N–H and O–H groups in total. The van der Waals surface area contributed by atoms with Crippen molar-refractivity contribution >= 4 is 36.0 Å². The number of nitrogens with one attached hydrogen (secondary N) is 1. The summed E-state index contributed by atoms with van der Waals surface area (Å²) in [6.07, 6.45) is 9.19. The summed E-state index contributed by atoms with van der Waals surface area (Å²) < 4.78 is 27.1. The number of aromatic nitrogens is 5. The molecule has 8 rings (SSSR count). The molecule has 2 aliphatic heterocycles. The van der Waals surface area contributed by atoms with Crippen molar-refractivity contribution < 1.29 is 18.9 Å². The van der Waals surface area contributed by atoms with Crippen LogP contribution >= 0.6 is 0 Å². The molecule has 0 spiro atoms. The molecule has 7 bridgehead atoms. The summed E-state index contributed by atoms with van der Waals surface area (Å²) in [5.41, 5.74) is 4.48. The zero-order valence-corrected chi connectivity index (χ0v) is 26.0. The minimum absolute atomic E-state index is 0.0804. The Labute approximate surface area is 251 Å². The Hall–Kier alpha value is -4.22. The second kappa shape index (κ2) is 11.1. The van der Waals surface area contributed by atoms with Gasteiger partial charge in [0.2, 0.25) is 11.8 Å². The van der Waals surface area contributed by atoms with Crippen molar-refractivity contribution in [3.63, 3.8) is 0 Å². The fraction of sp³-hybridized carbons (Fsp3) is 0.375. The van der Waals surface area contributed by atoms with Crippen LogP contribution in [0.2, 0.25) is 25.7 Å². The molecule has 4 aromatic heterocycles. The Morgan fingerprint density at radius 2 is 1.81 bits per heavy atom. The number of fused-ring (bicyclic) bond motifs is 1. The molecule has 5 aromatic rings. The summed E-state index contributed by atoms with van der Waals surface area (Å²) in [5, 5.41) is 4.90. The molecule has 0 unspecified atom stereocenters. The van der Waals surface area contributed by atoms with Gasteiger partial charge in [0.15, 0.2) is 5.65 Å². The molecule has 3 aliphatic rings. The molecule has 1 aromatic carbocycles. The lowest BCUT2D eigenvalue weighted by atomic mass is 9.92. The third kappa shape index (κ3) is 5.87. The molecule has 10 nitrogen and oxygen atoms in total. The second-order valence-corrected chi connectivity index (χ2v) is 18.1. The summed E-state index contributed by atoms with van der Waals surface area (Å²) in [4.78, 5) is 18.7. The predicted molar refractivity (Wildman–Crippen MR) is 169 cm³/mol. The number of rotatable bonds is 6. The minimum atomic E-state index is -1.22. The summed E-state index contributed by atoms with van der Waals surface area (Å²) >= 11 is 0. The monoisotopic (exact) mass is 596 g/mol. The molecule has 6 heterocycles. The van der Waals surface area contributed by atoms with Gasteiger partial charge in [-0.05, 0) is 35.9 Å². The molecule has 1 saturated carbocycles. The van der Waals surface area contributed by atoms with E-state index in [1.807, 2.05) is 16.7 Å². The number of pyridine rings is 2. The summed E-state index contributed by atoms with van der Waals surface area (Å²) in [7, 11) is 0.580. The van der Waals surface area contributed by atoms with Gasteiger partial charge in [-0.1, -0.05) is 25.7 Å². The van der Waals surface area contributed by atoms with E-state index in [0.29, 0.717) is 25.2 Å². The van der Waals surface area contributed by atoms with Crippen molar-refractivity contribution in [3.8, 4) is 28.5 Å². The van der Waals surface area contributed by atoms with Crippen LogP contribution in [0.15, 0.2) is 55.1 Å². The van der Waals surface area contributed by atoms with Gasteiger partial charge in [-0.15, -0.1) is 0 Å². The largest absolute Gasteiger partial charge is 0.489 e. The van der Waals surface area contributed by atoms with Crippen molar-refractivity contribution in [2.75, 3.05) is 19.0 Å². The number of hydrogen-bond donors (Lipinski definition) is 1. The molecule has 222 valence electrons. The standard InChI is InChI=1S/C32H36N6O4Si/c1-33-32-36-30-29-27(17-38(30)19-39-7-8-43(2,3)4)21-5-6-28-22(10-21)11-26(16-35-28)42-24-12-23(13-24)41-25-9-20(14-34-15-25)18-40-31(29)37-32/h5-6,9-11,14-17,23-24H,7-8,12-13,18-19H2,1-4H3,(H,33,36,37)/t23-,24-. The Morgan fingerprint density at radius 3 is 2.60 bits per heavy atom. The average molecular weight is 597 g/mol. The van der Waals surface area contributed by atoms with Crippen molar-refractivity contribution in [1.29, 1.82) is 0 Å². The average Bonchev–Trinajstić information content (AvgIpc) is 3.34. The lowest BCUT2D eigenvalue weighted by molar-refractivity contribution is 0.00421. The topological polar surface area (TPSA) is 105 Å². The number of hydrogen-bond acceptors (Lipinski definition) is 9. The maximum atomic E-state index is 6.44. The predicted octanol–water partition coefficient (Wildman–Crippen LogP) is 6.28. The lowest BCUT2D eigenvalue weighted by Gasteiger charge is -2.35. The molecule has 11 heteroatoms. The van der Waals surface area contributed by atoms with Gasteiger partial charge in [-0.3, -0.25) is 9.97 Å². The van der Waals surface area contributed by atoms with E-state index in [1.165, 1.54) is 0 Å². The lowest BCUT2D eigenvalue weighted by Crippen LogP contribution is -2.41. The quantitative estimate of drug-likeness (QED) is 0.179. The van der Waals surface area contributed by atoms with Crippen LogP contribution in [0.1, 0.15) is 18.4 Å². The highest BCUT2D eigenvalue weighted by molar-refractivity contribution is 6.76. The molecule has 1 fully saturated rings. The van der Waals surface area contributed by atoms with Gasteiger partial charge in [0.1, 0.15) is 37.0 Å². The highest BCUT2D eigenvalue weighted by Crippen LogP contribution is 2.38. The zero-order valence-electron chi connectivity index (χ0n) is 25.0. The molecular formula is C32H36N6O4Si. The fourth-order valence-corrected chi connectivity index (χ4v) is 6.18. The number of anilines is 1. The van der Waals surface area contributed by atoms with E-state index in [0.717, 1.165) is 69.0 Å². The van der Waals surface area contributed by atoms with Gasteiger partial charge in [-0.2, -0.15) is 9.97 Å². The van der Waals surface area contributed by atoms with Crippen molar-refractivity contribution in [2.45, 2.75) is 64.1 Å². The first-order valence-electron chi connectivity index (χ1n) is 14.8. The smallest absolute Gasteiger partial charge is 0.228 e. The normalized spacial score (nSPS) is 18.0. The van der Waals surface area contributed by atoms with Gasteiger partial charge < -0.3 is 28.8 Å². The Morgan fingerprint density at radius 1 is 1.00 bits per heavy atom. The van der Waals surface area contributed by atoms with E-state index in [4.69, 9.17) is 28.9 Å². The molecule has 0 radical (unpaired) electrons. The van der Waals surface area contributed by atoms with Gasteiger partial charge in [0.05, 0.1) is 23.3 Å². The maximum Gasteiger partial charge on any atom is 0.228 e. The number of ether oxygens (including phenoxy) is 4. The first kappa shape index (κ1) is 27.6. The molecular weight excluding hydrogens is 560 g/mol. The van der Waals surface area contributed by atoms with E-state index in [1.54, 1.807) is 25.6 Å². The van der Waals surface area contributed by atoms with E-state index >= 15 is 0 Å². The van der Waals surface area contributed by atoms with Gasteiger partial charge >= 0.3 is 0 Å². The third-order valence-electron chi connectivity index (χ3n) is 7.90. The SMILES string of the molecule is CNc1nc2c3c(cn(COCC[Si](C)(C)C)c3n1)-c1ccc3ncc(cc3c1)O[C@H]1C[C@@H](C1)Oc1cncc(c1)CO2. The van der Waals surface area contributed by atoms with Crippen LogP contribution in [0.3, 0.4) is 0 Å². The molecule has 0 saturated heterocycles. The van der Waals surface area contributed by atoms with Gasteiger partial charge in [0.25, 0.3) is 0 Å². The first-order chi connectivity index (χ1) is 20.8. The second-order valence-electron chi connectivity index (χ2n) is 12.5. The number of benzene rings is 1. The highest BCUT2D eigenvalue weighted by Gasteiger charge is 2.33. The Bertz CT molecular complexity index is 1800. The van der Waals surface area contributed by atoms with E-state index < -0.39 is 8.07 Å². The van der Waals surface area contributed by atoms with Crippen LogP contribution in [-0.4, -0.2) is 58.4 Å². The van der Waals surface area contributed by atoms with Gasteiger partial charge in [0, 0.05) is 63.5 Å². The highest BCUT2D eigenvalue weighted by atomic mass is 28.3. The van der Waals surface area contributed by atoms with Crippen molar-refractivity contribution in [3.05, 3.63) is 60.7 Å². The molecule has 43 heavy (non-hydrogen) atoms. The van der Waals surface area contributed by atoms with Crippen LogP contribution in [-0.2, 0) is 18.1 Å². The maximum absolute atomic E-state index is 6.44. The molecule has 1 aliphatic carbocycles.